The Morgan fingerprint density at radius 3 is 2.82 bits per heavy atom. The monoisotopic (exact) mass is 380 g/mol. The van der Waals surface area contributed by atoms with Crippen LogP contribution in [0.3, 0.4) is 0 Å². The minimum absolute atomic E-state index is 0.0502. The maximum atomic E-state index is 12.3. The summed E-state index contributed by atoms with van der Waals surface area (Å²) in [6.45, 7) is 2.61. The van der Waals surface area contributed by atoms with Gasteiger partial charge in [0.2, 0.25) is 5.91 Å². The van der Waals surface area contributed by atoms with Gasteiger partial charge in [-0.3, -0.25) is 4.79 Å². The largest absolute Gasteiger partial charge is 0.353 e. The first-order chi connectivity index (χ1) is 13.7. The Hall–Kier alpha value is -3.03. The summed E-state index contributed by atoms with van der Waals surface area (Å²) in [7, 11) is 0. The van der Waals surface area contributed by atoms with Gasteiger partial charge in [0, 0.05) is 25.4 Å². The molecule has 0 radical (unpaired) electrons. The number of carbonyl (C=O) groups excluding carboxylic acids is 1. The Kier molecular flexibility index (Phi) is 5.45. The smallest absolute Gasteiger partial charge is 0.226 e. The van der Waals surface area contributed by atoms with E-state index in [-0.39, 0.29) is 18.4 Å². The van der Waals surface area contributed by atoms with Crippen LogP contribution in [0.25, 0.3) is 0 Å². The van der Waals surface area contributed by atoms with Crippen LogP contribution in [0.1, 0.15) is 41.4 Å². The molecule has 1 N–H and O–H groups in total. The van der Waals surface area contributed by atoms with Crippen molar-refractivity contribution in [2.45, 2.75) is 58.0 Å². The Morgan fingerprint density at radius 1 is 1.18 bits per heavy atom. The summed E-state index contributed by atoms with van der Waals surface area (Å²) in [5.41, 5.74) is 2.55. The summed E-state index contributed by atoms with van der Waals surface area (Å²) in [6.07, 6.45) is 4.55. The number of amides is 1. The fourth-order valence-corrected chi connectivity index (χ4v) is 3.62. The molecular formula is C20H24N6O2. The molecule has 1 aliphatic heterocycles. The molecule has 0 spiro atoms. The summed E-state index contributed by atoms with van der Waals surface area (Å²) in [5, 5.41) is 19.4. The van der Waals surface area contributed by atoms with Crippen LogP contribution in [-0.2, 0) is 37.0 Å². The fourth-order valence-electron chi connectivity index (χ4n) is 3.62. The molecule has 0 aliphatic carbocycles. The third-order valence-corrected chi connectivity index (χ3v) is 5.24. The third-order valence-electron chi connectivity index (χ3n) is 5.24. The van der Waals surface area contributed by atoms with Crippen LogP contribution in [0.4, 0.5) is 0 Å². The van der Waals surface area contributed by atoms with E-state index in [2.05, 4.69) is 59.3 Å². The molecule has 8 nitrogen and oxygen atoms in total. The minimum atomic E-state index is -0.0502. The van der Waals surface area contributed by atoms with Crippen molar-refractivity contribution < 1.29 is 9.42 Å². The van der Waals surface area contributed by atoms with Crippen molar-refractivity contribution in [1.29, 1.82) is 0 Å². The number of aryl methyl sites for hydroxylation is 4. The second-order valence-corrected chi connectivity index (χ2v) is 7.23. The topological polar surface area (TPSA) is 98.7 Å². The number of hydrogen-bond acceptors (Lipinski definition) is 6. The zero-order valence-corrected chi connectivity index (χ0v) is 16.0. The molecule has 2 aromatic heterocycles. The van der Waals surface area contributed by atoms with Gasteiger partial charge < -0.3 is 9.88 Å². The molecule has 146 valence electrons. The van der Waals surface area contributed by atoms with Gasteiger partial charge >= 0.3 is 0 Å². The van der Waals surface area contributed by atoms with Crippen LogP contribution in [0.2, 0.25) is 0 Å². The maximum Gasteiger partial charge on any atom is 0.226 e. The summed E-state index contributed by atoms with van der Waals surface area (Å²) in [5.74, 6) is 1.98. The van der Waals surface area contributed by atoms with Gasteiger partial charge in [0.05, 0.1) is 6.42 Å². The van der Waals surface area contributed by atoms with Crippen molar-refractivity contribution in [3.63, 3.8) is 0 Å². The number of rotatable bonds is 6. The predicted molar refractivity (Wildman–Crippen MR) is 101 cm³/mol. The molecule has 0 fully saturated rings. The molecule has 28 heavy (non-hydrogen) atoms. The van der Waals surface area contributed by atoms with Gasteiger partial charge in [0.1, 0.15) is 23.0 Å². The lowest BCUT2D eigenvalue weighted by Crippen LogP contribution is -2.36. The number of benzene rings is 1. The van der Waals surface area contributed by atoms with E-state index >= 15 is 0 Å². The average Bonchev–Trinajstić information content (AvgIpc) is 3.23. The number of fused-ring (bicyclic) bond motifs is 1. The number of carbonyl (C=O) groups is 1. The lowest BCUT2D eigenvalue weighted by Gasteiger charge is -2.16. The van der Waals surface area contributed by atoms with Gasteiger partial charge in [-0.2, -0.15) is 0 Å². The molecule has 1 atom stereocenters. The lowest BCUT2D eigenvalue weighted by atomic mass is 10.1. The first kappa shape index (κ1) is 18.3. The molecule has 4 rings (SSSR count). The fraction of sp³-hybridized carbons (Fsp3) is 0.450. The van der Waals surface area contributed by atoms with Crippen molar-refractivity contribution in [2.75, 3.05) is 0 Å². The second kappa shape index (κ2) is 8.33. The maximum absolute atomic E-state index is 12.3. The van der Waals surface area contributed by atoms with Crippen LogP contribution in [0.15, 0.2) is 35.0 Å². The first-order valence-corrected chi connectivity index (χ1v) is 9.71. The van der Waals surface area contributed by atoms with E-state index in [1.54, 1.807) is 6.92 Å². The van der Waals surface area contributed by atoms with E-state index < -0.39 is 0 Å². The molecule has 1 unspecified atom stereocenters. The Morgan fingerprint density at radius 2 is 2.04 bits per heavy atom. The highest BCUT2D eigenvalue weighted by molar-refractivity contribution is 5.78. The van der Waals surface area contributed by atoms with Gasteiger partial charge in [0.15, 0.2) is 0 Å². The minimum Gasteiger partial charge on any atom is -0.353 e. The quantitative estimate of drug-likeness (QED) is 0.700. The standard InChI is InChI=1S/C20H24N6O2/c1-14-17(25-28-24-14)13-20(27)21-16-8-10-19-23-22-18(26(19)12-11-16)9-7-15-5-3-2-4-6-15/h2-6,16H,7-13H2,1H3,(H,21,27). The number of nitrogens with zero attached hydrogens (tertiary/aromatic N) is 5. The second-order valence-electron chi connectivity index (χ2n) is 7.23. The molecule has 3 heterocycles. The van der Waals surface area contributed by atoms with Crippen molar-refractivity contribution >= 4 is 5.91 Å². The van der Waals surface area contributed by atoms with Crippen LogP contribution in [0, 0.1) is 6.92 Å². The van der Waals surface area contributed by atoms with Crippen molar-refractivity contribution in [1.82, 2.24) is 30.4 Å². The highest BCUT2D eigenvalue weighted by Gasteiger charge is 2.22. The molecular weight excluding hydrogens is 356 g/mol. The number of nitrogens with one attached hydrogen (secondary N) is 1. The molecule has 8 heteroatoms. The predicted octanol–water partition coefficient (Wildman–Crippen LogP) is 1.82. The van der Waals surface area contributed by atoms with E-state index in [1.807, 2.05) is 6.07 Å². The number of aromatic nitrogens is 5. The normalized spacial score (nSPS) is 16.4. The van der Waals surface area contributed by atoms with E-state index in [0.29, 0.717) is 11.4 Å². The van der Waals surface area contributed by atoms with Gasteiger partial charge in [-0.25, -0.2) is 4.63 Å². The Labute approximate surface area is 163 Å². The molecule has 1 aliphatic rings. The zero-order valence-electron chi connectivity index (χ0n) is 16.0. The van der Waals surface area contributed by atoms with E-state index in [9.17, 15) is 4.79 Å². The van der Waals surface area contributed by atoms with Crippen LogP contribution < -0.4 is 5.32 Å². The molecule has 1 amide bonds. The van der Waals surface area contributed by atoms with Crippen LogP contribution >= 0.6 is 0 Å². The van der Waals surface area contributed by atoms with Gasteiger partial charge in [-0.15, -0.1) is 10.2 Å². The van der Waals surface area contributed by atoms with Gasteiger partial charge in [-0.1, -0.05) is 40.6 Å². The van der Waals surface area contributed by atoms with E-state index in [4.69, 9.17) is 0 Å². The van der Waals surface area contributed by atoms with Crippen molar-refractivity contribution in [2.24, 2.45) is 0 Å². The molecule has 3 aromatic rings. The molecule has 0 bridgehead atoms. The molecule has 0 saturated carbocycles. The Bertz CT molecular complexity index is 933. The molecule has 1 aromatic carbocycles. The zero-order chi connectivity index (χ0) is 19.3. The summed E-state index contributed by atoms with van der Waals surface area (Å²) < 4.78 is 6.88. The van der Waals surface area contributed by atoms with Gasteiger partial charge in [-0.05, 0) is 31.7 Å². The lowest BCUT2D eigenvalue weighted by molar-refractivity contribution is -0.121. The Balaban J connectivity index is 1.33. The molecule has 0 saturated heterocycles. The average molecular weight is 380 g/mol. The summed E-state index contributed by atoms with van der Waals surface area (Å²) in [6, 6.07) is 10.5. The summed E-state index contributed by atoms with van der Waals surface area (Å²) in [4.78, 5) is 12.3. The van der Waals surface area contributed by atoms with Gasteiger partial charge in [0.25, 0.3) is 0 Å². The van der Waals surface area contributed by atoms with Crippen LogP contribution in [-0.4, -0.2) is 37.0 Å². The summed E-state index contributed by atoms with van der Waals surface area (Å²) >= 11 is 0. The van der Waals surface area contributed by atoms with E-state index in [0.717, 1.165) is 50.3 Å². The van der Waals surface area contributed by atoms with Crippen molar-refractivity contribution in [3.05, 3.63) is 58.9 Å². The van der Waals surface area contributed by atoms with E-state index in [1.165, 1.54) is 5.56 Å². The third kappa shape index (κ3) is 4.27. The van der Waals surface area contributed by atoms with Crippen molar-refractivity contribution in [3.8, 4) is 0 Å². The SMILES string of the molecule is Cc1nonc1CC(=O)NC1CCc2nnc(CCc3ccccc3)n2CC1. The number of hydrogen-bond donors (Lipinski definition) is 1. The highest BCUT2D eigenvalue weighted by atomic mass is 16.6. The highest BCUT2D eigenvalue weighted by Crippen LogP contribution is 2.17. The first-order valence-electron chi connectivity index (χ1n) is 9.71. The van der Waals surface area contributed by atoms with Crippen LogP contribution in [0.5, 0.6) is 0 Å².